The van der Waals surface area contributed by atoms with Gasteiger partial charge in [0.1, 0.15) is 5.82 Å². The van der Waals surface area contributed by atoms with Crippen molar-refractivity contribution in [2.45, 2.75) is 19.9 Å². The van der Waals surface area contributed by atoms with Crippen LogP contribution in [0.1, 0.15) is 21.6 Å². The number of hydrogen-bond acceptors (Lipinski definition) is 4. The first-order valence-electron chi connectivity index (χ1n) is 8.71. The van der Waals surface area contributed by atoms with Gasteiger partial charge in [-0.15, -0.1) is 11.3 Å². The quantitative estimate of drug-likeness (QED) is 0.663. The minimum Gasteiger partial charge on any atom is -0.301 e. The second-order valence-corrected chi connectivity index (χ2v) is 7.72. The van der Waals surface area contributed by atoms with E-state index in [4.69, 9.17) is 0 Å². The van der Waals surface area contributed by atoms with Crippen molar-refractivity contribution in [1.82, 2.24) is 9.88 Å². The molecular formula is C21H22FN3OS. The summed E-state index contributed by atoms with van der Waals surface area (Å²) in [4.78, 5) is 19.4. The number of aromatic nitrogens is 1. The largest absolute Gasteiger partial charge is 0.301 e. The molecule has 0 saturated carbocycles. The second kappa shape index (κ2) is 8.88. The van der Waals surface area contributed by atoms with E-state index in [1.165, 1.54) is 28.5 Å². The first-order chi connectivity index (χ1) is 13.0. The zero-order chi connectivity index (χ0) is 19.2. The van der Waals surface area contributed by atoms with E-state index in [2.05, 4.69) is 35.4 Å². The van der Waals surface area contributed by atoms with Gasteiger partial charge in [-0.05, 0) is 25.6 Å². The Morgan fingerprint density at radius 2 is 2.04 bits per heavy atom. The number of carbonyl (C=O) groups is 1. The summed E-state index contributed by atoms with van der Waals surface area (Å²) in [6, 6.07) is 14.9. The SMILES string of the molecule is Cc1cccc(Cc2cnc(NC(=O)CN(C)Cc3ccccc3F)s2)c1. The molecule has 0 aliphatic heterocycles. The maximum atomic E-state index is 13.7. The van der Waals surface area contributed by atoms with Crippen molar-refractivity contribution in [3.05, 3.63) is 82.1 Å². The highest BCUT2D eigenvalue weighted by Gasteiger charge is 2.12. The van der Waals surface area contributed by atoms with Crippen LogP contribution in [0.15, 0.2) is 54.7 Å². The number of likely N-dealkylation sites (N-methyl/N-ethyl adjacent to an activating group) is 1. The molecule has 0 saturated heterocycles. The van der Waals surface area contributed by atoms with E-state index in [0.717, 1.165) is 11.3 Å². The predicted molar refractivity (Wildman–Crippen MR) is 107 cm³/mol. The fraction of sp³-hybridized carbons (Fsp3) is 0.238. The molecule has 0 aliphatic carbocycles. The van der Waals surface area contributed by atoms with Crippen molar-refractivity contribution in [1.29, 1.82) is 0 Å². The smallest absolute Gasteiger partial charge is 0.240 e. The van der Waals surface area contributed by atoms with E-state index in [1.807, 2.05) is 6.07 Å². The summed E-state index contributed by atoms with van der Waals surface area (Å²) in [6.07, 6.45) is 2.59. The molecule has 1 aromatic heterocycles. The van der Waals surface area contributed by atoms with Gasteiger partial charge in [0.15, 0.2) is 5.13 Å². The number of anilines is 1. The third kappa shape index (κ3) is 5.70. The van der Waals surface area contributed by atoms with Gasteiger partial charge in [-0.2, -0.15) is 0 Å². The number of thiazole rings is 1. The van der Waals surface area contributed by atoms with Crippen LogP contribution < -0.4 is 5.32 Å². The predicted octanol–water partition coefficient (Wildman–Crippen LogP) is 4.25. The minimum absolute atomic E-state index is 0.162. The molecule has 0 spiro atoms. The van der Waals surface area contributed by atoms with Crippen LogP contribution in [0.25, 0.3) is 0 Å². The number of rotatable bonds is 7. The maximum Gasteiger partial charge on any atom is 0.240 e. The highest BCUT2D eigenvalue weighted by molar-refractivity contribution is 7.15. The number of carbonyl (C=O) groups excluding carboxylic acids is 1. The monoisotopic (exact) mass is 383 g/mol. The van der Waals surface area contributed by atoms with Crippen LogP contribution in [-0.2, 0) is 17.8 Å². The molecule has 140 valence electrons. The number of nitrogens with zero attached hydrogens (tertiary/aromatic N) is 2. The Labute approximate surface area is 162 Å². The van der Waals surface area contributed by atoms with E-state index >= 15 is 0 Å². The fourth-order valence-corrected chi connectivity index (χ4v) is 3.71. The fourth-order valence-electron chi connectivity index (χ4n) is 2.85. The van der Waals surface area contributed by atoms with Gasteiger partial charge in [0.25, 0.3) is 0 Å². The standard InChI is InChI=1S/C21H22FN3OS/c1-15-6-5-7-16(10-15)11-18-12-23-21(27-18)24-20(26)14-25(2)13-17-8-3-4-9-19(17)22/h3-10,12H,11,13-14H2,1-2H3,(H,23,24,26). The zero-order valence-electron chi connectivity index (χ0n) is 15.4. The summed E-state index contributed by atoms with van der Waals surface area (Å²) < 4.78 is 13.7. The lowest BCUT2D eigenvalue weighted by atomic mass is 10.1. The summed E-state index contributed by atoms with van der Waals surface area (Å²) >= 11 is 1.47. The highest BCUT2D eigenvalue weighted by atomic mass is 32.1. The molecule has 0 bridgehead atoms. The average Bonchev–Trinajstić information content (AvgIpc) is 3.03. The summed E-state index contributed by atoms with van der Waals surface area (Å²) in [5, 5.41) is 3.41. The van der Waals surface area contributed by atoms with E-state index in [9.17, 15) is 9.18 Å². The molecule has 2 aromatic carbocycles. The minimum atomic E-state index is -0.259. The molecule has 27 heavy (non-hydrogen) atoms. The molecule has 6 heteroatoms. The topological polar surface area (TPSA) is 45.2 Å². The molecule has 0 aliphatic rings. The van der Waals surface area contributed by atoms with Gasteiger partial charge in [0.05, 0.1) is 6.54 Å². The van der Waals surface area contributed by atoms with E-state index < -0.39 is 0 Å². The Morgan fingerprint density at radius 3 is 2.81 bits per heavy atom. The Balaban J connectivity index is 1.52. The number of amides is 1. The van der Waals surface area contributed by atoms with Crippen molar-refractivity contribution < 1.29 is 9.18 Å². The van der Waals surface area contributed by atoms with Crippen molar-refractivity contribution in [3.8, 4) is 0 Å². The average molecular weight is 383 g/mol. The molecular weight excluding hydrogens is 361 g/mol. The third-order valence-electron chi connectivity index (χ3n) is 4.07. The van der Waals surface area contributed by atoms with Gasteiger partial charge < -0.3 is 5.32 Å². The molecule has 0 unspecified atom stereocenters. The zero-order valence-corrected chi connectivity index (χ0v) is 16.2. The number of benzene rings is 2. The summed E-state index contributed by atoms with van der Waals surface area (Å²) in [5.41, 5.74) is 3.02. The molecule has 0 radical (unpaired) electrons. The molecule has 4 nitrogen and oxygen atoms in total. The molecule has 3 rings (SSSR count). The molecule has 0 fully saturated rings. The number of aryl methyl sites for hydroxylation is 1. The van der Waals surface area contributed by atoms with Gasteiger partial charge in [-0.25, -0.2) is 9.37 Å². The molecule has 0 atom stereocenters. The van der Waals surface area contributed by atoms with Gasteiger partial charge in [0, 0.05) is 29.6 Å². The third-order valence-corrected chi connectivity index (χ3v) is 4.99. The Bertz CT molecular complexity index is 925. The van der Waals surface area contributed by atoms with Gasteiger partial charge in [-0.3, -0.25) is 9.69 Å². The number of nitrogens with one attached hydrogen (secondary N) is 1. The van der Waals surface area contributed by atoms with Crippen LogP contribution in [0, 0.1) is 12.7 Å². The van der Waals surface area contributed by atoms with E-state index in [-0.39, 0.29) is 18.3 Å². The van der Waals surface area contributed by atoms with Crippen molar-refractivity contribution in [2.24, 2.45) is 0 Å². The van der Waals surface area contributed by atoms with Crippen LogP contribution in [0.3, 0.4) is 0 Å². The number of hydrogen-bond donors (Lipinski definition) is 1. The summed E-state index contributed by atoms with van der Waals surface area (Å²) in [5.74, 6) is -0.421. The lowest BCUT2D eigenvalue weighted by molar-refractivity contribution is -0.117. The van der Waals surface area contributed by atoms with Crippen molar-refractivity contribution >= 4 is 22.4 Å². The molecule has 3 aromatic rings. The van der Waals surface area contributed by atoms with Crippen LogP contribution >= 0.6 is 11.3 Å². The van der Waals surface area contributed by atoms with Crippen LogP contribution in [0.2, 0.25) is 0 Å². The van der Waals surface area contributed by atoms with Crippen LogP contribution in [-0.4, -0.2) is 29.4 Å². The summed E-state index contributed by atoms with van der Waals surface area (Å²) in [7, 11) is 1.79. The Hall–Kier alpha value is -2.57. The van der Waals surface area contributed by atoms with Crippen LogP contribution in [0.4, 0.5) is 9.52 Å². The van der Waals surface area contributed by atoms with Gasteiger partial charge in [0.2, 0.25) is 5.91 Å². The normalized spacial score (nSPS) is 11.0. The first-order valence-corrected chi connectivity index (χ1v) is 9.53. The lowest BCUT2D eigenvalue weighted by Gasteiger charge is -2.16. The Kier molecular flexibility index (Phi) is 6.32. The Morgan fingerprint density at radius 1 is 1.22 bits per heavy atom. The van der Waals surface area contributed by atoms with Crippen molar-refractivity contribution in [3.63, 3.8) is 0 Å². The van der Waals surface area contributed by atoms with Crippen LogP contribution in [0.5, 0.6) is 0 Å². The first kappa shape index (κ1) is 19.2. The van der Waals surface area contributed by atoms with Crippen molar-refractivity contribution in [2.75, 3.05) is 18.9 Å². The molecule has 1 amide bonds. The lowest BCUT2D eigenvalue weighted by Crippen LogP contribution is -2.30. The summed E-state index contributed by atoms with van der Waals surface area (Å²) in [6.45, 7) is 2.61. The molecule has 1 heterocycles. The maximum absolute atomic E-state index is 13.7. The second-order valence-electron chi connectivity index (χ2n) is 6.61. The van der Waals surface area contributed by atoms with E-state index in [0.29, 0.717) is 17.2 Å². The van der Waals surface area contributed by atoms with E-state index in [1.54, 1.807) is 36.3 Å². The number of halogens is 1. The highest BCUT2D eigenvalue weighted by Crippen LogP contribution is 2.21. The van der Waals surface area contributed by atoms with Gasteiger partial charge in [-0.1, -0.05) is 48.0 Å². The van der Waals surface area contributed by atoms with Gasteiger partial charge >= 0.3 is 0 Å². The molecule has 1 N–H and O–H groups in total.